The Morgan fingerprint density at radius 1 is 1.46 bits per heavy atom. The second kappa shape index (κ2) is 3.83. The average molecular weight is 239 g/mol. The van der Waals surface area contributed by atoms with E-state index in [1.54, 1.807) is 5.56 Å². The molecule has 1 aliphatic rings. The Labute approximate surface area is 88.5 Å². The quantitative estimate of drug-likeness (QED) is 0.702. The summed E-state index contributed by atoms with van der Waals surface area (Å²) in [5.74, 6) is 0.880. The lowest BCUT2D eigenvalue weighted by molar-refractivity contribution is 0.952. The highest BCUT2D eigenvalue weighted by Crippen LogP contribution is 2.40. The van der Waals surface area contributed by atoms with Gasteiger partial charge in [-0.3, -0.25) is 0 Å². The van der Waals surface area contributed by atoms with Crippen molar-refractivity contribution in [2.45, 2.75) is 36.9 Å². The van der Waals surface area contributed by atoms with Gasteiger partial charge in [-0.1, -0.05) is 47.1 Å². The molecule has 0 nitrogen and oxygen atoms in total. The van der Waals surface area contributed by atoms with E-state index < -0.39 is 0 Å². The summed E-state index contributed by atoms with van der Waals surface area (Å²) in [6, 6.07) is 9.05. The van der Waals surface area contributed by atoms with Gasteiger partial charge in [0.2, 0.25) is 0 Å². The predicted octanol–water partition coefficient (Wildman–Crippen LogP) is 3.89. The van der Waals surface area contributed by atoms with E-state index in [0.717, 1.165) is 12.3 Å². The van der Waals surface area contributed by atoms with Gasteiger partial charge in [-0.2, -0.15) is 0 Å². The van der Waals surface area contributed by atoms with Crippen molar-refractivity contribution in [3.8, 4) is 0 Å². The molecule has 1 atom stereocenters. The predicted molar refractivity (Wildman–Crippen MR) is 60.5 cm³/mol. The molecular weight excluding hydrogens is 224 g/mol. The van der Waals surface area contributed by atoms with Gasteiger partial charge < -0.3 is 0 Å². The molecule has 2 rings (SSSR count). The van der Waals surface area contributed by atoms with Crippen LogP contribution in [0.4, 0.5) is 0 Å². The van der Waals surface area contributed by atoms with Crippen LogP contribution < -0.4 is 0 Å². The molecule has 0 bridgehead atoms. The van der Waals surface area contributed by atoms with Crippen LogP contribution in [0.5, 0.6) is 0 Å². The van der Waals surface area contributed by atoms with Crippen molar-refractivity contribution in [1.29, 1.82) is 0 Å². The standard InChI is InChI=1S/C12H15Br/c1-9(13)7-10-3-2-4-12(8-10)11-5-6-11/h2-4,8-9,11H,5-7H2,1H3. The van der Waals surface area contributed by atoms with E-state index in [4.69, 9.17) is 0 Å². The topological polar surface area (TPSA) is 0 Å². The summed E-state index contributed by atoms with van der Waals surface area (Å²) in [4.78, 5) is 0.585. The van der Waals surface area contributed by atoms with Crippen molar-refractivity contribution >= 4 is 15.9 Å². The molecule has 1 fully saturated rings. The number of benzene rings is 1. The number of alkyl halides is 1. The molecule has 0 aliphatic heterocycles. The minimum absolute atomic E-state index is 0.585. The van der Waals surface area contributed by atoms with Crippen LogP contribution in [0.2, 0.25) is 0 Å². The molecule has 0 aromatic heterocycles. The molecule has 1 saturated carbocycles. The average Bonchev–Trinajstić information content (AvgIpc) is 2.85. The van der Waals surface area contributed by atoms with E-state index in [1.165, 1.54) is 18.4 Å². The number of rotatable bonds is 3. The Morgan fingerprint density at radius 2 is 2.23 bits per heavy atom. The van der Waals surface area contributed by atoms with Crippen molar-refractivity contribution in [2.24, 2.45) is 0 Å². The first-order valence-corrected chi connectivity index (χ1v) is 5.90. The SMILES string of the molecule is CC(Br)Cc1cccc(C2CC2)c1. The monoisotopic (exact) mass is 238 g/mol. The maximum Gasteiger partial charge on any atom is 0.0157 e. The molecule has 1 aliphatic carbocycles. The van der Waals surface area contributed by atoms with E-state index in [1.807, 2.05) is 0 Å². The number of hydrogen-bond acceptors (Lipinski definition) is 0. The molecule has 13 heavy (non-hydrogen) atoms. The van der Waals surface area contributed by atoms with Gasteiger partial charge in [0.1, 0.15) is 0 Å². The summed E-state index contributed by atoms with van der Waals surface area (Å²) in [5.41, 5.74) is 3.01. The third kappa shape index (κ3) is 2.57. The molecule has 0 spiro atoms. The smallest absolute Gasteiger partial charge is 0.0157 e. The van der Waals surface area contributed by atoms with Gasteiger partial charge >= 0.3 is 0 Å². The zero-order chi connectivity index (χ0) is 9.26. The van der Waals surface area contributed by atoms with Crippen molar-refractivity contribution < 1.29 is 0 Å². The normalized spacial score (nSPS) is 18.6. The third-order valence-electron chi connectivity index (χ3n) is 2.52. The molecule has 1 aromatic carbocycles. The minimum Gasteiger partial charge on any atom is -0.0890 e. The number of halogens is 1. The van der Waals surface area contributed by atoms with E-state index in [9.17, 15) is 0 Å². The third-order valence-corrected chi connectivity index (χ3v) is 2.84. The van der Waals surface area contributed by atoms with E-state index in [2.05, 4.69) is 47.1 Å². The van der Waals surface area contributed by atoms with Crippen molar-refractivity contribution in [3.05, 3.63) is 35.4 Å². The molecule has 0 N–H and O–H groups in total. The minimum atomic E-state index is 0.585. The highest BCUT2D eigenvalue weighted by Gasteiger charge is 2.23. The maximum absolute atomic E-state index is 3.59. The van der Waals surface area contributed by atoms with Crippen LogP contribution in [0.15, 0.2) is 24.3 Å². The van der Waals surface area contributed by atoms with Gasteiger partial charge in [-0.25, -0.2) is 0 Å². The maximum atomic E-state index is 3.59. The van der Waals surface area contributed by atoms with Gasteiger partial charge in [-0.15, -0.1) is 0 Å². The fourth-order valence-electron chi connectivity index (χ4n) is 1.72. The van der Waals surface area contributed by atoms with E-state index in [-0.39, 0.29) is 0 Å². The van der Waals surface area contributed by atoms with Crippen LogP contribution in [0, 0.1) is 0 Å². The summed E-state index contributed by atoms with van der Waals surface area (Å²) < 4.78 is 0. The molecule has 0 heterocycles. The van der Waals surface area contributed by atoms with Crippen LogP contribution >= 0.6 is 15.9 Å². The van der Waals surface area contributed by atoms with Crippen LogP contribution in [0.3, 0.4) is 0 Å². The molecule has 1 unspecified atom stereocenters. The summed E-state index contributed by atoms with van der Waals surface area (Å²) >= 11 is 3.59. The molecular formula is C12H15Br. The van der Waals surface area contributed by atoms with Gasteiger partial charge in [-0.05, 0) is 36.3 Å². The van der Waals surface area contributed by atoms with Crippen LogP contribution in [-0.2, 0) is 6.42 Å². The zero-order valence-electron chi connectivity index (χ0n) is 7.96. The first-order chi connectivity index (χ1) is 6.25. The lowest BCUT2D eigenvalue weighted by Gasteiger charge is -2.05. The first-order valence-electron chi connectivity index (χ1n) is 4.98. The lowest BCUT2D eigenvalue weighted by Crippen LogP contribution is -1.96. The summed E-state index contributed by atoms with van der Waals surface area (Å²) in [5, 5.41) is 0. The Kier molecular flexibility index (Phi) is 2.73. The fraction of sp³-hybridized carbons (Fsp3) is 0.500. The Hall–Kier alpha value is -0.300. The summed E-state index contributed by atoms with van der Waals surface area (Å²) in [7, 11) is 0. The molecule has 1 heteroatoms. The van der Waals surface area contributed by atoms with E-state index >= 15 is 0 Å². The van der Waals surface area contributed by atoms with E-state index in [0.29, 0.717) is 4.83 Å². The Bertz CT molecular complexity index is 287. The van der Waals surface area contributed by atoms with Gasteiger partial charge in [0, 0.05) is 4.83 Å². The van der Waals surface area contributed by atoms with Crippen molar-refractivity contribution in [1.82, 2.24) is 0 Å². The van der Waals surface area contributed by atoms with Crippen LogP contribution in [-0.4, -0.2) is 4.83 Å². The highest BCUT2D eigenvalue weighted by atomic mass is 79.9. The Balaban J connectivity index is 2.12. The van der Waals surface area contributed by atoms with Gasteiger partial charge in [0.15, 0.2) is 0 Å². The van der Waals surface area contributed by atoms with Crippen LogP contribution in [0.1, 0.15) is 36.8 Å². The second-order valence-electron chi connectivity index (χ2n) is 4.00. The zero-order valence-corrected chi connectivity index (χ0v) is 9.55. The van der Waals surface area contributed by atoms with Gasteiger partial charge in [0.25, 0.3) is 0 Å². The lowest BCUT2D eigenvalue weighted by atomic mass is 10.0. The summed E-state index contributed by atoms with van der Waals surface area (Å²) in [6.07, 6.45) is 3.93. The van der Waals surface area contributed by atoms with Gasteiger partial charge in [0.05, 0.1) is 0 Å². The highest BCUT2D eigenvalue weighted by molar-refractivity contribution is 9.09. The first kappa shape index (κ1) is 9.26. The molecule has 0 saturated heterocycles. The van der Waals surface area contributed by atoms with Crippen molar-refractivity contribution in [3.63, 3.8) is 0 Å². The number of hydrogen-bond donors (Lipinski definition) is 0. The Morgan fingerprint density at radius 3 is 2.85 bits per heavy atom. The second-order valence-corrected chi connectivity index (χ2v) is 5.57. The molecule has 0 radical (unpaired) electrons. The van der Waals surface area contributed by atoms with Crippen molar-refractivity contribution in [2.75, 3.05) is 0 Å². The summed E-state index contributed by atoms with van der Waals surface area (Å²) in [6.45, 7) is 2.20. The fourth-order valence-corrected chi connectivity index (χ4v) is 2.09. The molecule has 1 aromatic rings. The van der Waals surface area contributed by atoms with Crippen LogP contribution in [0.25, 0.3) is 0 Å². The largest absolute Gasteiger partial charge is 0.0890 e. The molecule has 70 valence electrons. The molecule has 0 amide bonds.